The molecule has 3 saturated heterocycles. The number of piperidine rings is 2. The molecule has 5 aliphatic heterocycles. The maximum atomic E-state index is 13.5. The molecule has 16 nitrogen and oxygen atoms in total. The highest BCUT2D eigenvalue weighted by Gasteiger charge is 2.46. The quantitative estimate of drug-likeness (QED) is 0.216. The van der Waals surface area contributed by atoms with Gasteiger partial charge in [-0.15, -0.1) is 0 Å². The number of benzene rings is 2. The van der Waals surface area contributed by atoms with Crippen LogP contribution in [0.1, 0.15) is 69.5 Å². The van der Waals surface area contributed by atoms with E-state index in [4.69, 9.17) is 9.47 Å². The van der Waals surface area contributed by atoms with Gasteiger partial charge in [0.2, 0.25) is 11.8 Å². The van der Waals surface area contributed by atoms with Gasteiger partial charge >= 0.3 is 6.03 Å². The fraction of sp³-hybridized carbons (Fsp3) is 0.500. The number of imide groups is 2. The summed E-state index contributed by atoms with van der Waals surface area (Å²) in [4.78, 5) is 87.5. The van der Waals surface area contributed by atoms with Crippen molar-refractivity contribution in [1.82, 2.24) is 34.8 Å². The summed E-state index contributed by atoms with van der Waals surface area (Å²) in [5.74, 6) is -0.105. The fourth-order valence-corrected chi connectivity index (χ4v) is 9.81. The van der Waals surface area contributed by atoms with Crippen molar-refractivity contribution in [2.45, 2.75) is 63.7 Å². The average Bonchev–Trinajstić information content (AvgIpc) is 3.77. The second-order valence-electron chi connectivity index (χ2n) is 16.8. The number of carbonyl (C=O) groups excluding carboxylic acids is 5. The van der Waals surface area contributed by atoms with Gasteiger partial charge in [-0.1, -0.05) is 0 Å². The molecule has 0 spiro atoms. The Bertz CT molecular complexity index is 2280. The lowest BCUT2D eigenvalue weighted by Crippen LogP contribution is -2.54. The fourth-order valence-electron chi connectivity index (χ4n) is 9.81. The Kier molecular flexibility index (Phi) is 11.4. The molecule has 0 radical (unpaired) electrons. The predicted molar refractivity (Wildman–Crippen MR) is 223 cm³/mol. The van der Waals surface area contributed by atoms with E-state index in [0.29, 0.717) is 54.6 Å². The minimum absolute atomic E-state index is 0.0766. The Morgan fingerprint density at radius 1 is 0.883 bits per heavy atom. The molecule has 318 valence electrons. The van der Waals surface area contributed by atoms with Crippen LogP contribution in [0.3, 0.4) is 0 Å². The molecule has 6 heterocycles. The van der Waals surface area contributed by atoms with E-state index in [1.165, 1.54) is 0 Å². The number of carbonyl (C=O) groups is 5. The summed E-state index contributed by atoms with van der Waals surface area (Å²) in [6.07, 6.45) is 5.44. The first-order valence-corrected chi connectivity index (χ1v) is 20.9. The standard InChI is InChI=1S/C44H54N8O8/c1-47(2)22-34-37(59-4)19-27(20-38(34)60-5)32-23-48(3)41(55)33-24-50(17-13-29(32)33)44(58)45-14-6-15-49-16-11-26-12-18-51(36(26)25-49)28-7-8-30-31(21-28)43(57)52(42(30)56)35-9-10-39(53)46-40(35)54/h7-8,19-21,23,26,35-36H,6,9-18,22,24-25H2,1-5H3,(H,45,58)(H,46,53,54). The van der Waals surface area contributed by atoms with Crippen LogP contribution in [-0.2, 0) is 36.1 Å². The van der Waals surface area contributed by atoms with Crippen molar-refractivity contribution in [2.75, 3.05) is 72.5 Å². The Hall–Kier alpha value is -5.74. The molecule has 3 unspecified atom stereocenters. The molecule has 3 aromatic rings. The lowest BCUT2D eigenvalue weighted by Gasteiger charge is -2.39. The number of pyridine rings is 1. The minimum atomic E-state index is -0.997. The smallest absolute Gasteiger partial charge is 0.317 e. The van der Waals surface area contributed by atoms with Crippen LogP contribution in [0.5, 0.6) is 11.5 Å². The number of anilines is 1. The number of amides is 6. The van der Waals surface area contributed by atoms with Gasteiger partial charge in [0.05, 0.1) is 37.5 Å². The minimum Gasteiger partial charge on any atom is -0.496 e. The van der Waals surface area contributed by atoms with Crippen molar-refractivity contribution >= 4 is 35.3 Å². The molecule has 8 rings (SSSR count). The molecule has 5 aliphatic rings. The second kappa shape index (κ2) is 16.7. The summed E-state index contributed by atoms with van der Waals surface area (Å²) < 4.78 is 13.2. The van der Waals surface area contributed by atoms with E-state index < -0.39 is 29.7 Å². The summed E-state index contributed by atoms with van der Waals surface area (Å²) in [5.41, 5.74) is 5.62. The second-order valence-corrected chi connectivity index (χ2v) is 16.8. The Labute approximate surface area is 349 Å². The maximum Gasteiger partial charge on any atom is 0.317 e. The highest BCUT2D eigenvalue weighted by molar-refractivity contribution is 6.23. The third-order valence-corrected chi connectivity index (χ3v) is 12.9. The molecule has 3 fully saturated rings. The summed E-state index contributed by atoms with van der Waals surface area (Å²) in [5, 5.41) is 5.35. The molecule has 2 aromatic carbocycles. The van der Waals surface area contributed by atoms with Gasteiger partial charge in [-0.2, -0.15) is 0 Å². The van der Waals surface area contributed by atoms with Crippen LogP contribution < -0.4 is 30.6 Å². The number of aromatic nitrogens is 1. The molecule has 0 bridgehead atoms. The highest BCUT2D eigenvalue weighted by Crippen LogP contribution is 2.40. The Morgan fingerprint density at radius 2 is 1.62 bits per heavy atom. The SMILES string of the molecule is COc1cc(-c2cn(C)c(=O)c3c2CCN(C(=O)NCCCN2CCC4CCN(c5ccc6c(c5)C(=O)N(C5CCC(=O)NC5=O)C6=O)C4C2)C3)cc(OC)c1CN(C)C. The van der Waals surface area contributed by atoms with Gasteiger partial charge in [0.1, 0.15) is 17.5 Å². The van der Waals surface area contributed by atoms with E-state index in [-0.39, 0.29) is 42.6 Å². The van der Waals surface area contributed by atoms with Gasteiger partial charge in [-0.05, 0) is 107 Å². The number of ether oxygens (including phenoxy) is 2. The summed E-state index contributed by atoms with van der Waals surface area (Å²) in [6.45, 7) is 5.29. The van der Waals surface area contributed by atoms with Crippen LogP contribution in [-0.4, -0.2) is 133 Å². The van der Waals surface area contributed by atoms with Crippen LogP contribution in [0.4, 0.5) is 10.5 Å². The molecule has 16 heteroatoms. The number of likely N-dealkylation sites (tertiary alicyclic amines) is 1. The lowest BCUT2D eigenvalue weighted by molar-refractivity contribution is -0.136. The molecule has 2 N–H and O–H groups in total. The van der Waals surface area contributed by atoms with Crippen LogP contribution in [0.2, 0.25) is 0 Å². The van der Waals surface area contributed by atoms with Gasteiger partial charge in [0, 0.05) is 75.2 Å². The molecule has 6 amide bonds. The first kappa shape index (κ1) is 41.0. The number of hydrogen-bond acceptors (Lipinski definition) is 11. The van der Waals surface area contributed by atoms with Crippen molar-refractivity contribution < 1.29 is 33.4 Å². The third-order valence-electron chi connectivity index (χ3n) is 12.9. The Balaban J connectivity index is 0.870. The van der Waals surface area contributed by atoms with Crippen LogP contribution in [0.25, 0.3) is 11.1 Å². The zero-order valence-corrected chi connectivity index (χ0v) is 35.0. The lowest BCUT2D eigenvalue weighted by atomic mass is 9.91. The molecule has 1 aromatic heterocycles. The number of fused-ring (bicyclic) bond motifs is 3. The number of hydrogen-bond donors (Lipinski definition) is 2. The summed E-state index contributed by atoms with van der Waals surface area (Å²) in [7, 11) is 9.00. The van der Waals surface area contributed by atoms with Gasteiger partial charge in [-0.25, -0.2) is 4.79 Å². The normalized spacial score (nSPS) is 21.6. The van der Waals surface area contributed by atoms with Gasteiger partial charge < -0.3 is 39.0 Å². The zero-order valence-electron chi connectivity index (χ0n) is 35.0. The number of nitrogens with zero attached hydrogens (tertiary/aromatic N) is 6. The predicted octanol–water partition coefficient (Wildman–Crippen LogP) is 2.59. The third kappa shape index (κ3) is 7.62. The van der Waals surface area contributed by atoms with Crippen LogP contribution >= 0.6 is 0 Å². The van der Waals surface area contributed by atoms with E-state index in [0.717, 1.165) is 78.3 Å². The Morgan fingerprint density at radius 3 is 2.33 bits per heavy atom. The van der Waals surface area contributed by atoms with Crippen LogP contribution in [0.15, 0.2) is 41.3 Å². The molecule has 0 aliphatic carbocycles. The van der Waals surface area contributed by atoms with Crippen molar-refractivity contribution in [3.63, 3.8) is 0 Å². The van der Waals surface area contributed by atoms with E-state index in [1.807, 2.05) is 38.5 Å². The monoisotopic (exact) mass is 822 g/mol. The number of aryl methyl sites for hydroxylation is 1. The van der Waals surface area contributed by atoms with Gasteiger partial charge in [-0.3, -0.25) is 34.2 Å². The summed E-state index contributed by atoms with van der Waals surface area (Å²) >= 11 is 0. The van der Waals surface area contributed by atoms with E-state index in [2.05, 4.69) is 25.3 Å². The molecule has 0 saturated carbocycles. The van der Waals surface area contributed by atoms with Crippen molar-refractivity contribution in [2.24, 2.45) is 13.0 Å². The van der Waals surface area contributed by atoms with Crippen molar-refractivity contribution in [3.05, 3.63) is 74.7 Å². The number of nitrogens with one attached hydrogen (secondary N) is 2. The number of methoxy groups -OCH3 is 2. The van der Waals surface area contributed by atoms with Gasteiger partial charge in [0.25, 0.3) is 17.4 Å². The first-order valence-electron chi connectivity index (χ1n) is 20.9. The summed E-state index contributed by atoms with van der Waals surface area (Å²) in [6, 6.07) is 8.40. The van der Waals surface area contributed by atoms with Crippen molar-refractivity contribution in [3.8, 4) is 22.6 Å². The van der Waals surface area contributed by atoms with Gasteiger partial charge in [0.15, 0.2) is 0 Å². The zero-order chi connectivity index (χ0) is 42.4. The maximum absolute atomic E-state index is 13.5. The highest BCUT2D eigenvalue weighted by atomic mass is 16.5. The van der Waals surface area contributed by atoms with E-state index >= 15 is 0 Å². The van der Waals surface area contributed by atoms with E-state index in [1.54, 1.807) is 42.9 Å². The van der Waals surface area contributed by atoms with Crippen LogP contribution in [0, 0.1) is 5.92 Å². The molecular weight excluding hydrogens is 769 g/mol. The molecule has 3 atom stereocenters. The first-order chi connectivity index (χ1) is 28.9. The number of urea groups is 1. The molecular formula is C44H54N8O8. The van der Waals surface area contributed by atoms with E-state index in [9.17, 15) is 28.8 Å². The molecule has 60 heavy (non-hydrogen) atoms. The topological polar surface area (TPSA) is 166 Å². The largest absolute Gasteiger partial charge is 0.496 e. The number of rotatable bonds is 11. The van der Waals surface area contributed by atoms with Crippen molar-refractivity contribution in [1.29, 1.82) is 0 Å². The average molecular weight is 823 g/mol.